The number of aromatic carboxylic acids is 1. The molecule has 2 aromatic carbocycles. The van der Waals surface area contributed by atoms with Crippen LogP contribution in [-0.2, 0) is 4.79 Å². The van der Waals surface area contributed by atoms with Gasteiger partial charge >= 0.3 is 5.97 Å². The normalized spacial score (nSPS) is 17.8. The summed E-state index contributed by atoms with van der Waals surface area (Å²) >= 11 is 1.19. The summed E-state index contributed by atoms with van der Waals surface area (Å²) in [7, 11) is 0. The van der Waals surface area contributed by atoms with Crippen LogP contribution in [0.1, 0.15) is 34.7 Å². The predicted octanol–water partition coefficient (Wildman–Crippen LogP) is 4.39. The van der Waals surface area contributed by atoms with Gasteiger partial charge in [0.25, 0.3) is 0 Å². The summed E-state index contributed by atoms with van der Waals surface area (Å²) in [5.74, 6) is -0.974. The number of rotatable bonds is 4. The number of aliphatic hydroxyl groups excluding tert-OH is 1. The van der Waals surface area contributed by atoms with Gasteiger partial charge in [-0.25, -0.2) is 4.79 Å². The maximum Gasteiger partial charge on any atom is 0.335 e. The lowest BCUT2D eigenvalue weighted by molar-refractivity contribution is -0.115. The topological polar surface area (TPSA) is 74.6 Å². The molecule has 1 atom stereocenters. The maximum absolute atomic E-state index is 12.4. The first-order valence-electron chi connectivity index (χ1n) is 7.56. The molecule has 1 unspecified atom stereocenters. The van der Waals surface area contributed by atoms with Gasteiger partial charge in [-0.15, -0.1) is 0 Å². The van der Waals surface area contributed by atoms with Crippen LogP contribution < -0.4 is 0 Å². The van der Waals surface area contributed by atoms with Crippen molar-refractivity contribution in [2.75, 3.05) is 0 Å². The first kappa shape index (κ1) is 16.3. The number of carboxylic acids is 1. The van der Waals surface area contributed by atoms with E-state index in [1.807, 2.05) is 30.3 Å². The highest BCUT2D eigenvalue weighted by atomic mass is 32.2. The molecule has 24 heavy (non-hydrogen) atoms. The van der Waals surface area contributed by atoms with Gasteiger partial charge in [0.1, 0.15) is 5.76 Å². The van der Waals surface area contributed by atoms with Crippen molar-refractivity contribution in [3.63, 3.8) is 0 Å². The molecule has 0 saturated heterocycles. The van der Waals surface area contributed by atoms with Gasteiger partial charge in [0, 0.05) is 17.7 Å². The fourth-order valence-corrected chi connectivity index (χ4v) is 3.64. The molecule has 1 aliphatic carbocycles. The Hall–Kier alpha value is -2.53. The Morgan fingerprint density at radius 1 is 1.00 bits per heavy atom. The Kier molecular flexibility index (Phi) is 4.71. The van der Waals surface area contributed by atoms with Gasteiger partial charge < -0.3 is 10.2 Å². The van der Waals surface area contributed by atoms with Crippen LogP contribution in [0.4, 0.5) is 0 Å². The van der Waals surface area contributed by atoms with Crippen molar-refractivity contribution in [2.45, 2.75) is 23.7 Å². The molecule has 0 saturated carbocycles. The average Bonchev–Trinajstić information content (AvgIpc) is 2.59. The van der Waals surface area contributed by atoms with Gasteiger partial charge in [0.15, 0.2) is 5.78 Å². The largest absolute Gasteiger partial charge is 0.511 e. The molecule has 2 N–H and O–H groups in total. The highest BCUT2D eigenvalue weighted by molar-refractivity contribution is 8.04. The molecule has 122 valence electrons. The van der Waals surface area contributed by atoms with Gasteiger partial charge in [0.2, 0.25) is 0 Å². The molecule has 0 heterocycles. The van der Waals surface area contributed by atoms with Crippen LogP contribution >= 0.6 is 11.8 Å². The number of carboxylic acid groups (broad SMARTS) is 1. The van der Waals surface area contributed by atoms with E-state index in [-0.39, 0.29) is 23.0 Å². The van der Waals surface area contributed by atoms with Crippen molar-refractivity contribution < 1.29 is 19.8 Å². The zero-order valence-electron chi connectivity index (χ0n) is 12.8. The van der Waals surface area contributed by atoms with Crippen LogP contribution in [0.2, 0.25) is 0 Å². The number of Topliss-reactive ketones (excluding diaryl/α,β-unsaturated/α-hetero) is 1. The van der Waals surface area contributed by atoms with E-state index in [4.69, 9.17) is 5.11 Å². The first-order chi connectivity index (χ1) is 11.5. The summed E-state index contributed by atoms with van der Waals surface area (Å²) in [6, 6.07) is 16.0. The van der Waals surface area contributed by atoms with Crippen LogP contribution in [-0.4, -0.2) is 22.0 Å². The second-order valence-electron chi connectivity index (χ2n) is 5.65. The third-order valence-corrected chi connectivity index (χ3v) is 5.15. The Morgan fingerprint density at radius 2 is 1.67 bits per heavy atom. The minimum atomic E-state index is -0.993. The van der Waals surface area contributed by atoms with E-state index >= 15 is 0 Å². The van der Waals surface area contributed by atoms with E-state index in [9.17, 15) is 14.7 Å². The van der Waals surface area contributed by atoms with Gasteiger partial charge in [-0.1, -0.05) is 42.1 Å². The molecule has 3 rings (SSSR count). The Labute approximate surface area is 143 Å². The molecule has 0 aromatic heterocycles. The second kappa shape index (κ2) is 6.93. The highest BCUT2D eigenvalue weighted by Crippen LogP contribution is 2.40. The summed E-state index contributed by atoms with van der Waals surface area (Å²) in [6.45, 7) is 0. The molecule has 5 heteroatoms. The van der Waals surface area contributed by atoms with E-state index in [1.54, 1.807) is 12.1 Å². The lowest BCUT2D eigenvalue weighted by atomic mass is 9.86. The van der Waals surface area contributed by atoms with E-state index in [0.717, 1.165) is 10.5 Å². The standard InChI is InChI=1S/C19H16O4S/c20-16-10-14(12-4-2-1-3-5-12)11-17(21)18(16)24-15-8-6-13(7-9-15)19(22)23/h1-9,14,20H,10-11H2,(H,22,23). The number of carbonyl (C=O) groups is 2. The van der Waals surface area contributed by atoms with E-state index in [0.29, 0.717) is 17.7 Å². The fraction of sp³-hybridized carbons (Fsp3) is 0.158. The van der Waals surface area contributed by atoms with Crippen LogP contribution in [0.25, 0.3) is 0 Å². The smallest absolute Gasteiger partial charge is 0.335 e. The summed E-state index contributed by atoms with van der Waals surface area (Å²) in [4.78, 5) is 24.4. The number of carbonyl (C=O) groups excluding carboxylic acids is 1. The van der Waals surface area contributed by atoms with Crippen LogP contribution in [0.3, 0.4) is 0 Å². The SMILES string of the molecule is O=C1CC(c2ccccc2)CC(O)=C1Sc1ccc(C(=O)O)cc1. The third kappa shape index (κ3) is 3.51. The van der Waals surface area contributed by atoms with Crippen molar-refractivity contribution in [1.29, 1.82) is 0 Å². The molecule has 0 radical (unpaired) electrons. The van der Waals surface area contributed by atoms with Gasteiger partial charge in [0.05, 0.1) is 10.5 Å². The minimum Gasteiger partial charge on any atom is -0.511 e. The first-order valence-corrected chi connectivity index (χ1v) is 8.37. The summed E-state index contributed by atoms with van der Waals surface area (Å²) < 4.78 is 0. The van der Waals surface area contributed by atoms with Gasteiger partial charge in [-0.2, -0.15) is 0 Å². The Morgan fingerprint density at radius 3 is 2.25 bits per heavy atom. The number of thioether (sulfide) groups is 1. The molecule has 0 fully saturated rings. The zero-order valence-corrected chi connectivity index (χ0v) is 13.6. The molecular formula is C19H16O4S. The van der Waals surface area contributed by atoms with Crippen LogP contribution in [0.5, 0.6) is 0 Å². The number of ketones is 1. The van der Waals surface area contributed by atoms with E-state index in [2.05, 4.69) is 0 Å². The number of benzene rings is 2. The maximum atomic E-state index is 12.4. The minimum absolute atomic E-state index is 0.00237. The molecule has 0 aliphatic heterocycles. The Bertz CT molecular complexity index is 794. The third-order valence-electron chi connectivity index (χ3n) is 3.98. The molecular weight excluding hydrogens is 324 g/mol. The van der Waals surface area contributed by atoms with Crippen molar-refractivity contribution in [3.05, 3.63) is 76.4 Å². The monoisotopic (exact) mass is 340 g/mol. The predicted molar refractivity (Wildman–Crippen MR) is 92.3 cm³/mol. The highest BCUT2D eigenvalue weighted by Gasteiger charge is 2.29. The van der Waals surface area contributed by atoms with Crippen molar-refractivity contribution >= 4 is 23.5 Å². The molecule has 0 bridgehead atoms. The Balaban J connectivity index is 1.78. The molecule has 0 amide bonds. The number of aliphatic hydroxyl groups is 1. The summed E-state index contributed by atoms with van der Waals surface area (Å²) in [5, 5.41) is 19.2. The lowest BCUT2D eigenvalue weighted by Gasteiger charge is -2.23. The second-order valence-corrected chi connectivity index (χ2v) is 6.73. The summed E-state index contributed by atoms with van der Waals surface area (Å²) in [5.41, 5.74) is 1.24. The van der Waals surface area contributed by atoms with Gasteiger partial charge in [-0.05, 0) is 35.7 Å². The quantitative estimate of drug-likeness (QED) is 0.863. The molecule has 2 aromatic rings. The lowest BCUT2D eigenvalue weighted by Crippen LogP contribution is -2.17. The number of hydrogen-bond donors (Lipinski definition) is 2. The average molecular weight is 340 g/mol. The van der Waals surface area contributed by atoms with Crippen molar-refractivity contribution in [2.24, 2.45) is 0 Å². The van der Waals surface area contributed by atoms with E-state index < -0.39 is 5.97 Å². The van der Waals surface area contributed by atoms with Gasteiger partial charge in [-0.3, -0.25) is 4.79 Å². The molecule has 0 spiro atoms. The van der Waals surface area contributed by atoms with Crippen LogP contribution in [0, 0.1) is 0 Å². The van der Waals surface area contributed by atoms with Crippen LogP contribution in [0.15, 0.2) is 70.2 Å². The molecule has 1 aliphatic rings. The number of allylic oxidation sites excluding steroid dienone is 2. The fourth-order valence-electron chi connectivity index (χ4n) is 2.74. The molecule has 4 nitrogen and oxygen atoms in total. The summed E-state index contributed by atoms with van der Waals surface area (Å²) in [6.07, 6.45) is 0.801. The van der Waals surface area contributed by atoms with Crippen molar-refractivity contribution in [3.8, 4) is 0 Å². The van der Waals surface area contributed by atoms with E-state index in [1.165, 1.54) is 23.9 Å². The number of hydrogen-bond acceptors (Lipinski definition) is 4. The zero-order chi connectivity index (χ0) is 17.1. The van der Waals surface area contributed by atoms with Crippen molar-refractivity contribution in [1.82, 2.24) is 0 Å².